The maximum atomic E-state index is 13.6. The van der Waals surface area contributed by atoms with Gasteiger partial charge in [0.1, 0.15) is 11.8 Å². The first-order chi connectivity index (χ1) is 15.4. The Balaban J connectivity index is 1.22. The highest BCUT2D eigenvalue weighted by atomic mass is 16.3. The van der Waals surface area contributed by atoms with Gasteiger partial charge in [-0.1, -0.05) is 13.8 Å². The molecule has 2 aromatic rings. The highest BCUT2D eigenvalue weighted by Gasteiger charge is 2.61. The summed E-state index contributed by atoms with van der Waals surface area (Å²) in [5.74, 6) is 3.38. The molecule has 2 heterocycles. The third kappa shape index (κ3) is 2.94. The van der Waals surface area contributed by atoms with Crippen LogP contribution in [0.1, 0.15) is 71.6 Å². The topological polar surface area (TPSA) is 80.9 Å². The maximum Gasteiger partial charge on any atom is 0.163 e. The third-order valence-electron chi connectivity index (χ3n) is 10.6. The van der Waals surface area contributed by atoms with Gasteiger partial charge in [0, 0.05) is 5.92 Å². The zero-order chi connectivity index (χ0) is 22.1. The van der Waals surface area contributed by atoms with Crippen LogP contribution in [0.15, 0.2) is 18.9 Å². The van der Waals surface area contributed by atoms with Crippen molar-refractivity contribution in [2.75, 3.05) is 0 Å². The molecule has 0 bridgehead atoms. The third-order valence-corrected chi connectivity index (χ3v) is 10.6. The van der Waals surface area contributed by atoms with E-state index in [0.29, 0.717) is 29.6 Å². The lowest BCUT2D eigenvalue weighted by Gasteiger charge is -2.60. The van der Waals surface area contributed by atoms with E-state index in [2.05, 4.69) is 28.8 Å². The Morgan fingerprint density at radius 2 is 1.88 bits per heavy atom. The van der Waals surface area contributed by atoms with E-state index >= 15 is 0 Å². The summed E-state index contributed by atoms with van der Waals surface area (Å²) < 4.78 is 1.90. The smallest absolute Gasteiger partial charge is 0.163 e. The molecule has 2 unspecified atom stereocenters. The zero-order valence-corrected chi connectivity index (χ0v) is 19.4. The predicted octanol–water partition coefficient (Wildman–Crippen LogP) is 4.42. The number of aliphatic hydroxyl groups excluding tert-OH is 1. The SMILES string of the molecule is C[C@]12CC[C@H]3[C@@H](CCC4CC(O)CC[C@@]43C)[C@@H]1CC[C@@H]2C(=O)Cn1cnc2cncnc21. The van der Waals surface area contributed by atoms with E-state index in [1.54, 1.807) is 12.5 Å². The minimum Gasteiger partial charge on any atom is -0.393 e. The lowest BCUT2D eigenvalue weighted by molar-refractivity contribution is -0.140. The van der Waals surface area contributed by atoms with Crippen molar-refractivity contribution in [3.8, 4) is 0 Å². The molecule has 0 saturated heterocycles. The lowest BCUT2D eigenvalue weighted by Crippen LogP contribution is -2.54. The van der Waals surface area contributed by atoms with Crippen LogP contribution in [0.5, 0.6) is 0 Å². The second-order valence-electron chi connectivity index (χ2n) is 11.8. The number of nitrogens with zero attached hydrogens (tertiary/aromatic N) is 4. The van der Waals surface area contributed by atoms with Crippen LogP contribution in [-0.4, -0.2) is 36.5 Å². The molecule has 0 amide bonds. The predicted molar refractivity (Wildman–Crippen MR) is 122 cm³/mol. The van der Waals surface area contributed by atoms with Crippen molar-refractivity contribution in [2.24, 2.45) is 40.4 Å². The molecule has 4 saturated carbocycles. The molecule has 8 atom stereocenters. The highest BCUT2D eigenvalue weighted by molar-refractivity contribution is 5.83. The molecule has 32 heavy (non-hydrogen) atoms. The Labute approximate surface area is 190 Å². The summed E-state index contributed by atoms with van der Waals surface area (Å²) in [5.41, 5.74) is 2.02. The van der Waals surface area contributed by atoms with Gasteiger partial charge in [0.15, 0.2) is 11.4 Å². The molecule has 4 fully saturated rings. The minimum absolute atomic E-state index is 0.0866. The van der Waals surface area contributed by atoms with E-state index in [0.717, 1.165) is 42.3 Å². The van der Waals surface area contributed by atoms with E-state index in [9.17, 15) is 9.90 Å². The number of aromatic nitrogens is 4. The van der Waals surface area contributed by atoms with Crippen molar-refractivity contribution in [2.45, 2.75) is 84.3 Å². The number of fused-ring (bicyclic) bond motifs is 6. The average Bonchev–Trinajstić information content (AvgIpc) is 3.35. The van der Waals surface area contributed by atoms with Gasteiger partial charge >= 0.3 is 0 Å². The van der Waals surface area contributed by atoms with Crippen molar-refractivity contribution < 1.29 is 9.90 Å². The van der Waals surface area contributed by atoms with Gasteiger partial charge in [0.05, 0.1) is 25.2 Å². The fourth-order valence-corrected chi connectivity index (χ4v) is 8.97. The molecule has 0 spiro atoms. The number of rotatable bonds is 3. The molecule has 0 aromatic carbocycles. The summed E-state index contributed by atoms with van der Waals surface area (Å²) in [6.07, 6.45) is 15.3. The standard InChI is InChI=1S/C26H36N4O2/c1-25-9-7-17(31)11-16(25)3-4-18-19-5-6-21(26(19,2)10-8-20(18)25)23(32)13-30-15-29-22-12-27-14-28-24(22)30/h12,14-21,31H,3-11,13H2,1-2H3/t16?,17?,18-,19-,20-,21+,25-,26-/m0/s1. The molecular formula is C26H36N4O2. The highest BCUT2D eigenvalue weighted by Crippen LogP contribution is 2.67. The largest absolute Gasteiger partial charge is 0.393 e. The number of Topliss-reactive ketones (excluding diaryl/α,β-unsaturated/α-hetero) is 1. The Bertz CT molecular complexity index is 1040. The van der Waals surface area contributed by atoms with Gasteiger partial charge in [-0.15, -0.1) is 0 Å². The van der Waals surface area contributed by atoms with E-state index in [4.69, 9.17) is 0 Å². The molecule has 0 aliphatic heterocycles. The molecule has 4 aliphatic rings. The number of hydrogen-bond donors (Lipinski definition) is 1. The Hall–Kier alpha value is -1.82. The van der Waals surface area contributed by atoms with Gasteiger partial charge in [-0.2, -0.15) is 0 Å². The number of carbonyl (C=O) groups excluding carboxylic acids is 1. The fourth-order valence-electron chi connectivity index (χ4n) is 8.97. The van der Waals surface area contributed by atoms with Crippen LogP contribution in [0, 0.1) is 40.4 Å². The summed E-state index contributed by atoms with van der Waals surface area (Å²) in [4.78, 5) is 26.3. The minimum atomic E-state index is -0.0866. The molecule has 1 N–H and O–H groups in total. The molecule has 2 aromatic heterocycles. The lowest BCUT2D eigenvalue weighted by atomic mass is 9.44. The summed E-state index contributed by atoms with van der Waals surface area (Å²) in [5, 5.41) is 10.3. The molecule has 6 heteroatoms. The normalized spacial score (nSPS) is 43.5. The van der Waals surface area contributed by atoms with Crippen LogP contribution >= 0.6 is 0 Å². The molecule has 0 radical (unpaired) electrons. The van der Waals surface area contributed by atoms with Gasteiger partial charge in [-0.25, -0.2) is 15.0 Å². The van der Waals surface area contributed by atoms with Crippen LogP contribution in [0.2, 0.25) is 0 Å². The number of imidazole rings is 1. The van der Waals surface area contributed by atoms with Crippen LogP contribution in [0.25, 0.3) is 11.2 Å². The van der Waals surface area contributed by atoms with Crippen LogP contribution in [0.4, 0.5) is 0 Å². The van der Waals surface area contributed by atoms with E-state index in [1.807, 2.05) is 4.57 Å². The van der Waals surface area contributed by atoms with Crippen molar-refractivity contribution in [1.82, 2.24) is 19.5 Å². The van der Waals surface area contributed by atoms with E-state index in [1.165, 1.54) is 44.9 Å². The molecular weight excluding hydrogens is 400 g/mol. The van der Waals surface area contributed by atoms with Crippen molar-refractivity contribution >= 4 is 16.9 Å². The second-order valence-corrected chi connectivity index (χ2v) is 11.8. The van der Waals surface area contributed by atoms with Crippen molar-refractivity contribution in [3.05, 3.63) is 18.9 Å². The Morgan fingerprint density at radius 3 is 2.75 bits per heavy atom. The summed E-state index contributed by atoms with van der Waals surface area (Å²) >= 11 is 0. The molecule has 172 valence electrons. The van der Waals surface area contributed by atoms with Crippen molar-refractivity contribution in [1.29, 1.82) is 0 Å². The second kappa shape index (κ2) is 7.34. The average molecular weight is 437 g/mol. The van der Waals surface area contributed by atoms with Gasteiger partial charge in [-0.05, 0) is 92.3 Å². The van der Waals surface area contributed by atoms with Gasteiger partial charge in [-0.3, -0.25) is 4.79 Å². The van der Waals surface area contributed by atoms with Crippen LogP contribution in [-0.2, 0) is 11.3 Å². The Morgan fingerprint density at radius 1 is 1.06 bits per heavy atom. The summed E-state index contributed by atoms with van der Waals surface area (Å²) in [6, 6.07) is 0. The van der Waals surface area contributed by atoms with Gasteiger partial charge in [0.25, 0.3) is 0 Å². The first-order valence-corrected chi connectivity index (χ1v) is 12.7. The Kier molecular flexibility index (Phi) is 4.76. The maximum absolute atomic E-state index is 13.6. The summed E-state index contributed by atoms with van der Waals surface area (Å²) in [7, 11) is 0. The fraction of sp³-hybridized carbons (Fsp3) is 0.769. The van der Waals surface area contributed by atoms with E-state index < -0.39 is 0 Å². The zero-order valence-electron chi connectivity index (χ0n) is 19.4. The first-order valence-electron chi connectivity index (χ1n) is 12.7. The molecule has 4 aliphatic carbocycles. The number of carbonyl (C=O) groups is 1. The number of hydrogen-bond acceptors (Lipinski definition) is 5. The molecule has 6 nitrogen and oxygen atoms in total. The van der Waals surface area contributed by atoms with Crippen LogP contribution < -0.4 is 0 Å². The van der Waals surface area contributed by atoms with Gasteiger partial charge < -0.3 is 9.67 Å². The number of ketones is 1. The quantitative estimate of drug-likeness (QED) is 0.771. The van der Waals surface area contributed by atoms with E-state index in [-0.39, 0.29) is 17.4 Å². The van der Waals surface area contributed by atoms with Gasteiger partial charge in [0.2, 0.25) is 0 Å². The summed E-state index contributed by atoms with van der Waals surface area (Å²) in [6.45, 7) is 5.33. The van der Waals surface area contributed by atoms with Crippen molar-refractivity contribution in [3.63, 3.8) is 0 Å². The first kappa shape index (κ1) is 20.8. The number of aliphatic hydroxyl groups is 1. The van der Waals surface area contributed by atoms with Crippen LogP contribution in [0.3, 0.4) is 0 Å². The molecule has 6 rings (SSSR count). The monoisotopic (exact) mass is 436 g/mol.